The maximum atomic E-state index is 13.5. The minimum Gasteiger partial charge on any atom is -0.345 e. The molecule has 2 heterocycles. The van der Waals surface area contributed by atoms with E-state index in [0.29, 0.717) is 40.1 Å². The lowest BCUT2D eigenvalue weighted by Crippen LogP contribution is -2.22. The minimum absolute atomic E-state index is 0.133. The Hall–Kier alpha value is -4.78. The third-order valence-electron chi connectivity index (χ3n) is 5.87. The fraction of sp³-hybridized carbons (Fsp3) is 0.103. The number of anilines is 1. The fourth-order valence-electron chi connectivity index (χ4n) is 4.05. The number of fused-ring (bicyclic) bond motifs is 1. The van der Waals surface area contributed by atoms with Crippen molar-refractivity contribution in [2.75, 3.05) is 19.4 Å². The molecule has 0 fully saturated rings. The highest BCUT2D eigenvalue weighted by molar-refractivity contribution is 6.13. The van der Waals surface area contributed by atoms with Crippen LogP contribution in [0.25, 0.3) is 22.3 Å². The van der Waals surface area contributed by atoms with Crippen LogP contribution in [-0.4, -0.2) is 45.6 Å². The molecule has 0 saturated carbocycles. The monoisotopic (exact) mass is 475 g/mol. The van der Waals surface area contributed by atoms with Crippen LogP contribution in [0.2, 0.25) is 0 Å². The first kappa shape index (κ1) is 23.0. The lowest BCUT2D eigenvalue weighted by atomic mass is 10.1. The van der Waals surface area contributed by atoms with Gasteiger partial charge in [-0.25, -0.2) is 9.67 Å². The van der Waals surface area contributed by atoms with Gasteiger partial charge < -0.3 is 10.2 Å². The highest BCUT2D eigenvalue weighted by Gasteiger charge is 2.19. The van der Waals surface area contributed by atoms with Crippen molar-refractivity contribution < 1.29 is 9.59 Å². The molecule has 7 heteroatoms. The number of hydrogen-bond donors (Lipinski definition) is 1. The summed E-state index contributed by atoms with van der Waals surface area (Å²) in [6.45, 7) is 0.533. The third-order valence-corrected chi connectivity index (χ3v) is 5.87. The third kappa shape index (κ3) is 4.72. The van der Waals surface area contributed by atoms with E-state index < -0.39 is 0 Å². The Morgan fingerprint density at radius 3 is 2.33 bits per heavy atom. The molecule has 0 saturated heterocycles. The maximum Gasteiger partial charge on any atom is 0.256 e. The van der Waals surface area contributed by atoms with Gasteiger partial charge in [0.2, 0.25) is 0 Å². The first-order chi connectivity index (χ1) is 17.5. The van der Waals surface area contributed by atoms with Crippen LogP contribution >= 0.6 is 0 Å². The lowest BCUT2D eigenvalue weighted by molar-refractivity contribution is 0.0827. The highest BCUT2D eigenvalue weighted by atomic mass is 16.2. The second-order valence-corrected chi connectivity index (χ2v) is 8.68. The van der Waals surface area contributed by atoms with E-state index >= 15 is 0 Å². The first-order valence-electron chi connectivity index (χ1n) is 11.6. The Bertz CT molecular complexity index is 1540. The van der Waals surface area contributed by atoms with Gasteiger partial charge in [0.15, 0.2) is 5.65 Å². The number of aromatic nitrogens is 3. The average molecular weight is 476 g/mol. The molecule has 2 aromatic heterocycles. The average Bonchev–Trinajstić information content (AvgIpc) is 3.31. The van der Waals surface area contributed by atoms with Gasteiger partial charge in [-0.3, -0.25) is 9.59 Å². The van der Waals surface area contributed by atoms with Gasteiger partial charge >= 0.3 is 0 Å². The molecule has 3 aromatic carbocycles. The number of amides is 2. The Morgan fingerprint density at radius 2 is 1.61 bits per heavy atom. The summed E-state index contributed by atoms with van der Waals surface area (Å²) in [4.78, 5) is 32.3. The molecule has 1 N–H and O–H groups in total. The lowest BCUT2D eigenvalue weighted by Gasteiger charge is -2.12. The summed E-state index contributed by atoms with van der Waals surface area (Å²) in [5.41, 5.74) is 4.79. The molecule has 0 spiro atoms. The molecule has 0 aliphatic carbocycles. The summed E-state index contributed by atoms with van der Waals surface area (Å²) in [7, 11) is 3.39. The maximum absolute atomic E-state index is 13.5. The number of benzene rings is 3. The minimum atomic E-state index is -0.298. The van der Waals surface area contributed by atoms with Crippen LogP contribution in [0, 0.1) is 0 Å². The molecule has 0 atom stereocenters. The summed E-state index contributed by atoms with van der Waals surface area (Å²) in [5.74, 6) is -0.431. The zero-order valence-corrected chi connectivity index (χ0v) is 20.1. The SMILES string of the molecule is CN(C)C(=O)c1cccc(NC(=O)c2cc(-c3ccccc3)nc3c2cnn3Cc2ccccc2)c1. The number of nitrogens with one attached hydrogen (secondary N) is 1. The zero-order valence-electron chi connectivity index (χ0n) is 20.1. The molecule has 0 aliphatic heterocycles. The fourth-order valence-corrected chi connectivity index (χ4v) is 4.05. The molecule has 178 valence electrons. The largest absolute Gasteiger partial charge is 0.345 e. The van der Waals surface area contributed by atoms with Crippen LogP contribution in [0.1, 0.15) is 26.3 Å². The smallest absolute Gasteiger partial charge is 0.256 e. The summed E-state index contributed by atoms with van der Waals surface area (Å²) in [6, 6.07) is 28.5. The van der Waals surface area contributed by atoms with Crippen LogP contribution in [-0.2, 0) is 6.54 Å². The van der Waals surface area contributed by atoms with Crippen molar-refractivity contribution in [2.45, 2.75) is 6.54 Å². The van der Waals surface area contributed by atoms with Crippen LogP contribution in [0.15, 0.2) is 97.2 Å². The predicted octanol–water partition coefficient (Wildman–Crippen LogP) is 5.10. The van der Waals surface area contributed by atoms with Crippen molar-refractivity contribution in [3.05, 3.63) is 114 Å². The van der Waals surface area contributed by atoms with Crippen molar-refractivity contribution in [1.82, 2.24) is 19.7 Å². The topological polar surface area (TPSA) is 80.1 Å². The van der Waals surface area contributed by atoms with Gasteiger partial charge in [-0.15, -0.1) is 0 Å². The summed E-state index contributed by atoms with van der Waals surface area (Å²) < 4.78 is 1.81. The van der Waals surface area contributed by atoms with Gasteiger partial charge in [-0.2, -0.15) is 5.10 Å². The molecule has 0 radical (unpaired) electrons. The van der Waals surface area contributed by atoms with Gasteiger partial charge in [0.1, 0.15) is 0 Å². The number of carbonyl (C=O) groups excluding carboxylic acids is 2. The molecule has 0 bridgehead atoms. The van der Waals surface area contributed by atoms with Crippen LogP contribution in [0.5, 0.6) is 0 Å². The molecule has 0 aliphatic rings. The quantitative estimate of drug-likeness (QED) is 0.371. The van der Waals surface area contributed by atoms with Crippen LogP contribution in [0.3, 0.4) is 0 Å². The Morgan fingerprint density at radius 1 is 0.889 bits per heavy atom. The first-order valence-corrected chi connectivity index (χ1v) is 11.6. The summed E-state index contributed by atoms with van der Waals surface area (Å²) >= 11 is 0. The van der Waals surface area contributed by atoms with Crippen LogP contribution in [0.4, 0.5) is 5.69 Å². The van der Waals surface area contributed by atoms with Gasteiger partial charge in [0.25, 0.3) is 11.8 Å². The Balaban J connectivity index is 1.56. The van der Waals surface area contributed by atoms with Crippen molar-refractivity contribution in [3.8, 4) is 11.3 Å². The van der Waals surface area contributed by atoms with Gasteiger partial charge in [-0.1, -0.05) is 66.7 Å². The summed E-state index contributed by atoms with van der Waals surface area (Å²) in [5, 5.41) is 8.16. The van der Waals surface area contributed by atoms with E-state index in [4.69, 9.17) is 4.98 Å². The Kier molecular flexibility index (Phi) is 6.28. The van der Waals surface area contributed by atoms with Gasteiger partial charge in [-0.05, 0) is 29.8 Å². The predicted molar refractivity (Wildman–Crippen MR) is 141 cm³/mol. The summed E-state index contributed by atoms with van der Waals surface area (Å²) in [6.07, 6.45) is 1.68. The van der Waals surface area contributed by atoms with E-state index in [1.54, 1.807) is 50.6 Å². The van der Waals surface area contributed by atoms with E-state index in [-0.39, 0.29) is 11.8 Å². The standard InChI is InChI=1S/C29H25N5O2/c1-33(2)29(36)22-14-9-15-23(16-22)31-28(35)24-17-26(21-12-7-4-8-13-21)32-27-25(24)18-30-34(27)19-20-10-5-3-6-11-20/h3-18H,19H2,1-2H3,(H,31,35). The molecule has 0 unspecified atom stereocenters. The molecular weight excluding hydrogens is 450 g/mol. The van der Waals surface area contributed by atoms with Crippen molar-refractivity contribution in [1.29, 1.82) is 0 Å². The highest BCUT2D eigenvalue weighted by Crippen LogP contribution is 2.26. The molecule has 2 amide bonds. The van der Waals surface area contributed by atoms with Crippen molar-refractivity contribution in [2.24, 2.45) is 0 Å². The number of rotatable bonds is 6. The second kappa shape index (κ2) is 9.84. The zero-order chi connectivity index (χ0) is 25.1. The van der Waals surface area contributed by atoms with Gasteiger partial charge in [0.05, 0.1) is 29.4 Å². The molecular formula is C29H25N5O2. The van der Waals surface area contributed by atoms with E-state index in [2.05, 4.69) is 10.4 Å². The number of carbonyl (C=O) groups is 2. The van der Waals surface area contributed by atoms with E-state index in [1.807, 2.05) is 65.3 Å². The number of hydrogen-bond acceptors (Lipinski definition) is 4. The van der Waals surface area contributed by atoms with E-state index in [1.165, 1.54) is 4.90 Å². The van der Waals surface area contributed by atoms with E-state index in [9.17, 15) is 9.59 Å². The molecule has 5 aromatic rings. The molecule has 7 nitrogen and oxygen atoms in total. The van der Waals surface area contributed by atoms with Gasteiger partial charge in [0, 0.05) is 30.9 Å². The molecule has 36 heavy (non-hydrogen) atoms. The normalized spacial score (nSPS) is 10.8. The van der Waals surface area contributed by atoms with Crippen molar-refractivity contribution >= 4 is 28.5 Å². The number of pyridine rings is 1. The van der Waals surface area contributed by atoms with Crippen molar-refractivity contribution in [3.63, 3.8) is 0 Å². The van der Waals surface area contributed by atoms with Crippen LogP contribution < -0.4 is 5.32 Å². The second-order valence-electron chi connectivity index (χ2n) is 8.68. The van der Waals surface area contributed by atoms with E-state index in [0.717, 1.165) is 11.1 Å². The number of nitrogens with zero attached hydrogens (tertiary/aromatic N) is 4. The Labute approximate surface area is 209 Å². The molecule has 5 rings (SSSR count).